The molecule has 0 bridgehead atoms. The smallest absolute Gasteiger partial charge is 0.416 e. The van der Waals surface area contributed by atoms with Gasteiger partial charge in [0.1, 0.15) is 40.0 Å². The van der Waals surface area contributed by atoms with Crippen LogP contribution in [-0.2, 0) is 65.5 Å². The Morgan fingerprint density at radius 1 is 0.598 bits per heavy atom. The molecule has 3 amide bonds. The lowest BCUT2D eigenvalue weighted by atomic mass is 9.83. The van der Waals surface area contributed by atoms with E-state index in [1.165, 1.54) is 24.9 Å². The third kappa shape index (κ3) is 15.8. The molecule has 4 aromatic carbocycles. The van der Waals surface area contributed by atoms with Gasteiger partial charge in [0.2, 0.25) is 11.8 Å². The molecule has 5 N–H and O–H groups in total. The maximum atomic E-state index is 13.7. The molecule has 16 nitrogen and oxygen atoms in total. The van der Waals surface area contributed by atoms with Crippen LogP contribution in [-0.4, -0.2) is 43.4 Å². The molecule has 4 heterocycles. The highest BCUT2D eigenvalue weighted by Gasteiger charge is 2.34. The summed E-state index contributed by atoms with van der Waals surface area (Å²) >= 11 is 0. The van der Waals surface area contributed by atoms with Crippen LogP contribution in [0, 0.1) is 11.8 Å². The van der Waals surface area contributed by atoms with Gasteiger partial charge in [0.15, 0.2) is 24.3 Å². The summed E-state index contributed by atoms with van der Waals surface area (Å²) in [5.74, 6) is 1.71. The van der Waals surface area contributed by atoms with Crippen molar-refractivity contribution in [3.8, 4) is 45.9 Å². The summed E-state index contributed by atoms with van der Waals surface area (Å²) in [4.78, 5) is 54.6. The maximum absolute atomic E-state index is 13.7. The van der Waals surface area contributed by atoms with Crippen LogP contribution in [0.3, 0.4) is 0 Å². The highest BCUT2D eigenvalue weighted by Crippen LogP contribution is 2.37. The summed E-state index contributed by atoms with van der Waals surface area (Å²) in [6, 6.07) is 24.9. The lowest BCUT2D eigenvalue weighted by molar-refractivity contribution is -0.138. The van der Waals surface area contributed by atoms with Crippen molar-refractivity contribution in [3.05, 3.63) is 179 Å². The first-order valence-electron chi connectivity index (χ1n) is 25.6. The first kappa shape index (κ1) is 59.4. The van der Waals surface area contributed by atoms with E-state index in [1.54, 1.807) is 69.8 Å². The van der Waals surface area contributed by atoms with E-state index >= 15 is 0 Å². The molecular formula is C59H55ClF6N8O8. The Morgan fingerprint density at radius 3 is 1.48 bits per heavy atom. The minimum absolute atomic E-state index is 0. The summed E-state index contributed by atoms with van der Waals surface area (Å²) < 4.78 is 109. The van der Waals surface area contributed by atoms with E-state index in [2.05, 4.69) is 35.9 Å². The van der Waals surface area contributed by atoms with Crippen LogP contribution >= 0.6 is 12.4 Å². The van der Waals surface area contributed by atoms with Crippen molar-refractivity contribution in [2.24, 2.45) is 17.6 Å². The number of rotatable bonds is 13. The van der Waals surface area contributed by atoms with Gasteiger partial charge in [-0.3, -0.25) is 19.6 Å². The van der Waals surface area contributed by atoms with Gasteiger partial charge in [-0.25, -0.2) is 14.8 Å². The van der Waals surface area contributed by atoms with Gasteiger partial charge in [-0.15, -0.1) is 12.4 Å². The number of hydrogen-bond acceptors (Lipinski definition) is 13. The number of nitrogens with zero attached hydrogens (tertiary/aromatic N) is 4. The number of carbonyl (C=O) groups excluding carboxylic acids is 3. The molecule has 2 unspecified atom stereocenters. The molecule has 2 aliphatic carbocycles. The van der Waals surface area contributed by atoms with E-state index in [1.807, 2.05) is 36.4 Å². The van der Waals surface area contributed by atoms with Crippen LogP contribution in [0.2, 0.25) is 0 Å². The highest BCUT2D eigenvalue weighted by molar-refractivity contribution is 5.94. The second-order valence-corrected chi connectivity index (χ2v) is 20.3. The van der Waals surface area contributed by atoms with E-state index < -0.39 is 52.9 Å². The van der Waals surface area contributed by atoms with Crippen LogP contribution in [0.4, 0.5) is 42.5 Å². The molecule has 0 fully saturated rings. The van der Waals surface area contributed by atoms with Gasteiger partial charge < -0.3 is 44.7 Å². The van der Waals surface area contributed by atoms with Crippen LogP contribution in [0.1, 0.15) is 78.1 Å². The van der Waals surface area contributed by atoms with Crippen molar-refractivity contribution in [1.29, 1.82) is 0 Å². The lowest BCUT2D eigenvalue weighted by Gasteiger charge is -2.25. The number of amides is 3. The molecule has 0 aliphatic heterocycles. The fraction of sp³-hybridized carbons (Fsp3) is 0.271. The number of carbonyl (C=O) groups is 3. The van der Waals surface area contributed by atoms with Gasteiger partial charge in [-0.1, -0.05) is 12.1 Å². The quantitative estimate of drug-likeness (QED) is 0.0791. The largest absolute Gasteiger partial charge is 0.457 e. The number of alkyl carbamates (subject to hydrolysis) is 1. The second kappa shape index (κ2) is 25.4. The molecule has 23 heteroatoms. The van der Waals surface area contributed by atoms with Gasteiger partial charge in [0.05, 0.1) is 23.5 Å². The molecule has 0 saturated heterocycles. The number of hydrogen-bond donors (Lipinski definition) is 4. The molecule has 10 rings (SSSR count). The second-order valence-electron chi connectivity index (χ2n) is 20.3. The predicted molar refractivity (Wildman–Crippen MR) is 292 cm³/mol. The summed E-state index contributed by atoms with van der Waals surface area (Å²) in [5.41, 5.74) is 8.77. The Morgan fingerprint density at radius 2 is 1.05 bits per heavy atom. The summed E-state index contributed by atoms with van der Waals surface area (Å²) in [6.07, 6.45) is 2.29. The van der Waals surface area contributed by atoms with Gasteiger partial charge in [0, 0.05) is 60.8 Å². The van der Waals surface area contributed by atoms with Crippen molar-refractivity contribution >= 4 is 41.7 Å². The topological polar surface area (TPSA) is 219 Å². The SMILES string of the molecule is CC(C)(C)OC(=O)NCc1cc(NC(=O)C2CCc3ccc(Oc4ccnc(-c5cnco5)c4)cc3C2)cc(C(F)(F)F)c1.Cl.NCc1cc(NC(=O)C2CCc3ccc(Oc4ccnc(-c5cnco5)c4)cc3C2)cc(C(F)(F)F)c1. The van der Waals surface area contributed by atoms with Crippen LogP contribution < -0.4 is 31.2 Å². The molecule has 0 spiro atoms. The molecule has 0 radical (unpaired) electrons. The zero-order chi connectivity index (χ0) is 57.5. The van der Waals surface area contributed by atoms with Crippen LogP contribution in [0.15, 0.2) is 143 Å². The minimum Gasteiger partial charge on any atom is -0.457 e. The minimum atomic E-state index is -4.65. The lowest BCUT2D eigenvalue weighted by Crippen LogP contribution is -2.32. The first-order chi connectivity index (χ1) is 38.6. The number of fused-ring (bicyclic) bond motifs is 2. The molecule has 428 valence electrons. The van der Waals surface area contributed by atoms with Crippen molar-refractivity contribution in [1.82, 2.24) is 25.3 Å². The number of pyridine rings is 2. The number of benzene rings is 4. The number of aromatic nitrogens is 4. The fourth-order valence-electron chi connectivity index (χ4n) is 9.27. The number of aryl methyl sites for hydroxylation is 2. The third-order valence-corrected chi connectivity index (χ3v) is 13.1. The van der Waals surface area contributed by atoms with Crippen LogP contribution in [0.25, 0.3) is 22.9 Å². The normalized spacial score (nSPS) is 14.8. The Bertz CT molecular complexity index is 3540. The Balaban J connectivity index is 0.000000215. The third-order valence-electron chi connectivity index (χ3n) is 13.1. The van der Waals surface area contributed by atoms with Gasteiger partial charge in [0.25, 0.3) is 0 Å². The van der Waals surface area contributed by atoms with E-state index in [-0.39, 0.29) is 48.3 Å². The predicted octanol–water partition coefficient (Wildman–Crippen LogP) is 13.5. The summed E-state index contributed by atoms with van der Waals surface area (Å²) in [6.45, 7) is 4.76. The molecule has 2 atom stereocenters. The zero-order valence-corrected chi connectivity index (χ0v) is 45.1. The summed E-state index contributed by atoms with van der Waals surface area (Å²) in [5, 5.41) is 7.77. The van der Waals surface area contributed by atoms with E-state index in [4.69, 9.17) is 28.8 Å². The van der Waals surface area contributed by atoms with E-state index in [0.717, 1.165) is 46.5 Å². The standard InChI is InChI=1S/C32H31F3N4O5.C27H23F3N4O3.ClH/c1-31(2,3)44-30(41)38-16-19-10-23(32(33,34)35)14-24(11-19)39-29(40)21-5-4-20-6-7-25(13-22(20)12-21)43-26-8-9-37-27(15-26)28-17-36-18-42-28;28-27(29,30)20-7-16(13-31)8-21(11-20)34-26(35)18-2-1-17-3-4-22(10-19(17)9-18)37-23-5-6-33-24(12-23)25-14-32-15-36-25;/h6-11,13-15,17-18,21H,4-5,12,16H2,1-3H3,(H,38,41)(H,39,40);3-8,10-12,14-15,18H,1-2,9,13,31H2,(H,34,35);1H. The van der Waals surface area contributed by atoms with Crippen molar-refractivity contribution < 1.29 is 63.8 Å². The number of nitrogens with two attached hydrogens (primary N) is 1. The van der Waals surface area contributed by atoms with Crippen molar-refractivity contribution in [2.45, 2.75) is 90.3 Å². The number of halogens is 7. The molecule has 82 heavy (non-hydrogen) atoms. The number of alkyl halides is 6. The highest BCUT2D eigenvalue weighted by atomic mass is 35.5. The number of oxazole rings is 2. The average molecular weight is 1150 g/mol. The van der Waals surface area contributed by atoms with Gasteiger partial charge in [-0.2, -0.15) is 26.3 Å². The Labute approximate surface area is 472 Å². The maximum Gasteiger partial charge on any atom is 0.416 e. The first-order valence-corrected chi connectivity index (χ1v) is 25.6. The van der Waals surface area contributed by atoms with Gasteiger partial charge >= 0.3 is 18.4 Å². The number of ether oxygens (including phenoxy) is 3. The Hall–Kier alpha value is -8.76. The zero-order valence-electron chi connectivity index (χ0n) is 44.3. The monoisotopic (exact) mass is 1150 g/mol. The Kier molecular flexibility index (Phi) is 18.4. The summed E-state index contributed by atoms with van der Waals surface area (Å²) in [7, 11) is 0. The molecule has 4 aromatic heterocycles. The molecule has 0 saturated carbocycles. The molecular weight excluding hydrogens is 1100 g/mol. The van der Waals surface area contributed by atoms with E-state index in [0.29, 0.717) is 90.0 Å². The number of nitrogens with one attached hydrogen (secondary N) is 3. The van der Waals surface area contributed by atoms with E-state index in [9.17, 15) is 40.7 Å². The van der Waals surface area contributed by atoms with Gasteiger partial charge in [-0.05, 0) is 165 Å². The number of anilines is 2. The van der Waals surface area contributed by atoms with Crippen molar-refractivity contribution in [3.63, 3.8) is 0 Å². The van der Waals surface area contributed by atoms with Crippen LogP contribution in [0.5, 0.6) is 23.0 Å². The molecule has 8 aromatic rings. The molecule has 2 aliphatic rings. The fourth-order valence-corrected chi connectivity index (χ4v) is 9.27. The van der Waals surface area contributed by atoms with Crippen molar-refractivity contribution in [2.75, 3.05) is 10.6 Å². The average Bonchev–Trinajstić information content (AvgIpc) is 4.30.